The number of imidazole rings is 1. The third-order valence-corrected chi connectivity index (χ3v) is 8.67. The molecule has 0 amide bonds. The molecule has 0 bridgehead atoms. The first kappa shape index (κ1) is 26.7. The zero-order chi connectivity index (χ0) is 29.3. The van der Waals surface area contributed by atoms with Crippen LogP contribution in [0.4, 0.5) is 0 Å². The lowest BCUT2D eigenvalue weighted by Gasteiger charge is -2.34. The lowest BCUT2D eigenvalue weighted by molar-refractivity contribution is 0.641. The fraction of sp³-hybridized carbons (Fsp3) is 0.0976. The Morgan fingerprint density at radius 1 is 0.814 bits per heavy atom. The third-order valence-electron chi connectivity index (χ3n) is 8.67. The van der Waals surface area contributed by atoms with Crippen molar-refractivity contribution in [2.24, 2.45) is 11.8 Å². The highest BCUT2D eigenvalue weighted by atomic mass is 15.1. The van der Waals surface area contributed by atoms with Gasteiger partial charge in [0.1, 0.15) is 5.82 Å². The molecule has 0 spiro atoms. The summed E-state index contributed by atoms with van der Waals surface area (Å²) in [6.07, 6.45) is 19.7. The van der Waals surface area contributed by atoms with Gasteiger partial charge in [0.15, 0.2) is 0 Å². The summed E-state index contributed by atoms with van der Waals surface area (Å²) in [5.74, 6) is 1.54. The first-order valence-electron chi connectivity index (χ1n) is 15.0. The van der Waals surface area contributed by atoms with Crippen molar-refractivity contribution in [3.8, 4) is 17.1 Å². The van der Waals surface area contributed by atoms with Gasteiger partial charge >= 0.3 is 0 Å². The van der Waals surface area contributed by atoms with Crippen molar-refractivity contribution < 1.29 is 0 Å². The maximum atomic E-state index is 5.03. The van der Waals surface area contributed by atoms with Crippen LogP contribution in [0.5, 0.6) is 0 Å². The second-order valence-corrected chi connectivity index (χ2v) is 11.2. The van der Waals surface area contributed by atoms with Gasteiger partial charge in [-0.1, -0.05) is 122 Å². The smallest absolute Gasteiger partial charge is 0.145 e. The molecule has 0 saturated heterocycles. The van der Waals surface area contributed by atoms with E-state index in [0.29, 0.717) is 11.8 Å². The number of nitrogens with zero attached hydrogens (tertiary/aromatic N) is 2. The molecule has 2 heteroatoms. The van der Waals surface area contributed by atoms with Crippen molar-refractivity contribution in [1.82, 2.24) is 9.55 Å². The zero-order valence-corrected chi connectivity index (χ0v) is 24.6. The molecule has 0 radical (unpaired) electrons. The number of allylic oxidation sites excluding steroid dienone is 13. The quantitative estimate of drug-likeness (QED) is 0.191. The zero-order valence-electron chi connectivity index (χ0n) is 24.6. The van der Waals surface area contributed by atoms with Crippen LogP contribution in [-0.2, 0) is 0 Å². The molecule has 5 aromatic rings. The van der Waals surface area contributed by atoms with Crippen LogP contribution in [0, 0.1) is 11.8 Å². The normalized spacial score (nSPS) is 18.5. The van der Waals surface area contributed by atoms with Crippen LogP contribution in [0.2, 0.25) is 0 Å². The first-order chi connectivity index (χ1) is 21.2. The fourth-order valence-electron chi connectivity index (χ4n) is 6.68. The molecule has 0 fully saturated rings. The summed E-state index contributed by atoms with van der Waals surface area (Å²) in [5.41, 5.74) is 10.9. The highest BCUT2D eigenvalue weighted by molar-refractivity contribution is 5.91. The average molecular weight is 555 g/mol. The van der Waals surface area contributed by atoms with Crippen LogP contribution >= 0.6 is 0 Å². The summed E-state index contributed by atoms with van der Waals surface area (Å²) < 4.78 is 2.28. The molecule has 0 aliphatic heterocycles. The van der Waals surface area contributed by atoms with Gasteiger partial charge in [0.05, 0.1) is 11.0 Å². The van der Waals surface area contributed by atoms with Gasteiger partial charge in [-0.15, -0.1) is 0 Å². The molecule has 4 aromatic carbocycles. The monoisotopic (exact) mass is 554 g/mol. The number of fused-ring (bicyclic) bond motifs is 3. The summed E-state index contributed by atoms with van der Waals surface area (Å²) in [4.78, 5) is 5.03. The minimum Gasteiger partial charge on any atom is -0.292 e. The van der Waals surface area contributed by atoms with Crippen molar-refractivity contribution in [2.75, 3.05) is 0 Å². The standard InChI is InChI=1S/C41H34N2/c1-4-6-14-29(5-2)40-28(3)25-37(35-17-10-11-18-36(35)40)33-22-21-32-27-34(24-23-31(32)26-33)43-39-20-13-12-19-38(39)42-41(43)30-15-8-7-9-16-30/h4-27,35-36H,1H2,2-3H3. The third kappa shape index (κ3) is 4.75. The van der Waals surface area contributed by atoms with E-state index in [9.17, 15) is 0 Å². The first-order valence-corrected chi connectivity index (χ1v) is 15.0. The maximum Gasteiger partial charge on any atom is 0.145 e. The number of aromatic nitrogens is 2. The van der Waals surface area contributed by atoms with E-state index in [1.807, 2.05) is 18.2 Å². The number of benzene rings is 4. The van der Waals surface area contributed by atoms with Gasteiger partial charge in [-0.2, -0.15) is 0 Å². The maximum absolute atomic E-state index is 5.03. The molecule has 1 aromatic heterocycles. The molecule has 208 valence electrons. The molecule has 2 nitrogen and oxygen atoms in total. The molecular weight excluding hydrogens is 520 g/mol. The van der Waals surface area contributed by atoms with E-state index in [4.69, 9.17) is 4.98 Å². The van der Waals surface area contributed by atoms with Gasteiger partial charge in [-0.05, 0) is 82.8 Å². The highest BCUT2D eigenvalue weighted by Gasteiger charge is 2.32. The Labute approximate surface area is 253 Å². The molecule has 2 atom stereocenters. The molecule has 1 heterocycles. The van der Waals surface area contributed by atoms with Crippen LogP contribution in [0.15, 0.2) is 169 Å². The highest BCUT2D eigenvalue weighted by Crippen LogP contribution is 2.46. The summed E-state index contributed by atoms with van der Waals surface area (Å²) >= 11 is 0. The van der Waals surface area contributed by atoms with Gasteiger partial charge in [-0.3, -0.25) is 4.57 Å². The number of rotatable bonds is 6. The van der Waals surface area contributed by atoms with Crippen molar-refractivity contribution in [2.45, 2.75) is 13.8 Å². The van der Waals surface area contributed by atoms with Crippen LogP contribution in [0.3, 0.4) is 0 Å². The predicted octanol–water partition coefficient (Wildman–Crippen LogP) is 10.6. The SMILES string of the molecule is C=CC=CC(=CC)C1=C(C)C=C(c2ccc3cc(-n4c(-c5ccccc5)nc5ccccc54)ccc3c2)C2C=CC=CC12. The van der Waals surface area contributed by atoms with E-state index in [1.54, 1.807) is 0 Å². The molecule has 7 rings (SSSR count). The minimum atomic E-state index is 0.290. The summed E-state index contributed by atoms with van der Waals surface area (Å²) in [7, 11) is 0. The van der Waals surface area contributed by atoms with E-state index in [0.717, 1.165) is 28.1 Å². The lowest BCUT2D eigenvalue weighted by Crippen LogP contribution is -2.22. The Kier molecular flexibility index (Phi) is 6.96. The molecule has 0 saturated carbocycles. The van der Waals surface area contributed by atoms with Gasteiger partial charge in [0, 0.05) is 23.1 Å². The molecule has 43 heavy (non-hydrogen) atoms. The van der Waals surface area contributed by atoms with Crippen LogP contribution in [0.1, 0.15) is 19.4 Å². The molecule has 0 N–H and O–H groups in total. The summed E-state index contributed by atoms with van der Waals surface area (Å²) in [5, 5.41) is 2.44. The van der Waals surface area contributed by atoms with Crippen molar-refractivity contribution >= 4 is 27.4 Å². The Morgan fingerprint density at radius 3 is 2.37 bits per heavy atom. The number of hydrogen-bond donors (Lipinski definition) is 0. The minimum absolute atomic E-state index is 0.290. The molecular formula is C41H34N2. The average Bonchev–Trinajstić information content (AvgIpc) is 3.45. The van der Waals surface area contributed by atoms with E-state index in [2.05, 4.69) is 152 Å². The second-order valence-electron chi connectivity index (χ2n) is 11.2. The van der Waals surface area contributed by atoms with Gasteiger partial charge in [0.25, 0.3) is 0 Å². The van der Waals surface area contributed by atoms with E-state index < -0.39 is 0 Å². The van der Waals surface area contributed by atoms with Gasteiger partial charge < -0.3 is 0 Å². The Bertz CT molecular complexity index is 2060. The van der Waals surface area contributed by atoms with E-state index >= 15 is 0 Å². The van der Waals surface area contributed by atoms with Crippen molar-refractivity contribution in [1.29, 1.82) is 0 Å². The van der Waals surface area contributed by atoms with Crippen LogP contribution in [-0.4, -0.2) is 9.55 Å². The van der Waals surface area contributed by atoms with Crippen LogP contribution < -0.4 is 0 Å². The van der Waals surface area contributed by atoms with Crippen LogP contribution in [0.25, 0.3) is 44.5 Å². The molecule has 2 aliphatic rings. The Morgan fingerprint density at radius 2 is 1.56 bits per heavy atom. The predicted molar refractivity (Wildman–Crippen MR) is 183 cm³/mol. The largest absolute Gasteiger partial charge is 0.292 e. The lowest BCUT2D eigenvalue weighted by atomic mass is 9.69. The second kappa shape index (κ2) is 11.2. The summed E-state index contributed by atoms with van der Waals surface area (Å²) in [6, 6.07) is 32.5. The van der Waals surface area contributed by atoms with Crippen molar-refractivity contribution in [3.63, 3.8) is 0 Å². The molecule has 2 unspecified atom stereocenters. The molecule has 2 aliphatic carbocycles. The van der Waals surface area contributed by atoms with Gasteiger partial charge in [-0.25, -0.2) is 4.98 Å². The number of para-hydroxylation sites is 2. The topological polar surface area (TPSA) is 17.8 Å². The Hall–Kier alpha value is -5.21. The Balaban J connectivity index is 1.32. The summed E-state index contributed by atoms with van der Waals surface area (Å²) in [6.45, 7) is 8.23. The van der Waals surface area contributed by atoms with Crippen molar-refractivity contribution in [3.05, 3.63) is 175 Å². The number of hydrogen-bond acceptors (Lipinski definition) is 1. The van der Waals surface area contributed by atoms with Gasteiger partial charge in [0.2, 0.25) is 0 Å². The van der Waals surface area contributed by atoms with E-state index in [-0.39, 0.29) is 0 Å². The fourth-order valence-corrected chi connectivity index (χ4v) is 6.68. The van der Waals surface area contributed by atoms with E-state index in [1.165, 1.54) is 38.6 Å².